The van der Waals surface area contributed by atoms with Crippen LogP contribution in [0.25, 0.3) is 0 Å². The van der Waals surface area contributed by atoms with Crippen LogP contribution >= 0.6 is 0 Å². The first-order valence-corrected chi connectivity index (χ1v) is 9.82. The molecule has 0 atom stereocenters. The maximum atomic E-state index is 12.1. The van der Waals surface area contributed by atoms with Crippen LogP contribution in [0.5, 0.6) is 5.75 Å². The third-order valence-electron chi connectivity index (χ3n) is 4.01. The minimum atomic E-state index is -4.80. The van der Waals surface area contributed by atoms with Crippen molar-refractivity contribution in [2.45, 2.75) is 43.4 Å². The maximum absolute atomic E-state index is 12.1. The predicted octanol–water partition coefficient (Wildman–Crippen LogP) is 3.13. The third kappa shape index (κ3) is 7.21. The van der Waals surface area contributed by atoms with E-state index in [0.29, 0.717) is 13.0 Å². The number of hydrogen-bond acceptors (Lipinski definition) is 4. The summed E-state index contributed by atoms with van der Waals surface area (Å²) in [5.74, 6) is -0.451. The Balaban J connectivity index is 1.80. The van der Waals surface area contributed by atoms with Gasteiger partial charge in [0.2, 0.25) is 10.0 Å². The van der Waals surface area contributed by atoms with E-state index >= 15 is 0 Å². The van der Waals surface area contributed by atoms with Gasteiger partial charge in [0, 0.05) is 6.54 Å². The average Bonchev–Trinajstić information content (AvgIpc) is 2.79. The second kappa shape index (κ2) is 8.86. The van der Waals surface area contributed by atoms with Gasteiger partial charge in [-0.05, 0) is 63.2 Å². The quantitative estimate of drug-likeness (QED) is 0.739. The van der Waals surface area contributed by atoms with Crippen LogP contribution in [0, 0.1) is 0 Å². The zero-order valence-corrected chi connectivity index (χ0v) is 14.7. The molecule has 1 aliphatic rings. The summed E-state index contributed by atoms with van der Waals surface area (Å²) >= 11 is 0. The summed E-state index contributed by atoms with van der Waals surface area (Å²) in [5, 5.41) is 0. The summed E-state index contributed by atoms with van der Waals surface area (Å²) in [4.78, 5) is 2.25. The van der Waals surface area contributed by atoms with Gasteiger partial charge in [-0.1, -0.05) is 12.8 Å². The van der Waals surface area contributed by atoms with Crippen molar-refractivity contribution in [1.82, 2.24) is 9.62 Å². The van der Waals surface area contributed by atoms with Crippen LogP contribution in [0.2, 0.25) is 0 Å². The lowest BCUT2D eigenvalue weighted by Gasteiger charge is -2.19. The van der Waals surface area contributed by atoms with Gasteiger partial charge < -0.3 is 9.64 Å². The van der Waals surface area contributed by atoms with Gasteiger partial charge in [0.05, 0.1) is 4.90 Å². The molecule has 142 valence electrons. The molecule has 1 aliphatic heterocycles. The predicted molar refractivity (Wildman–Crippen MR) is 87.8 cm³/mol. The largest absolute Gasteiger partial charge is 0.573 e. The van der Waals surface area contributed by atoms with E-state index in [1.165, 1.54) is 25.7 Å². The molecular weight excluding hydrogens is 357 g/mol. The van der Waals surface area contributed by atoms with Crippen LogP contribution in [0.4, 0.5) is 13.2 Å². The van der Waals surface area contributed by atoms with Crippen LogP contribution < -0.4 is 9.46 Å². The van der Waals surface area contributed by atoms with Gasteiger partial charge in [-0.2, -0.15) is 0 Å². The van der Waals surface area contributed by atoms with Crippen molar-refractivity contribution in [3.05, 3.63) is 24.3 Å². The molecule has 1 aromatic rings. The molecule has 9 heteroatoms. The van der Waals surface area contributed by atoms with E-state index in [1.54, 1.807) is 0 Å². The maximum Gasteiger partial charge on any atom is 0.573 e. The van der Waals surface area contributed by atoms with Crippen LogP contribution in [0.1, 0.15) is 32.1 Å². The van der Waals surface area contributed by atoms with E-state index in [-0.39, 0.29) is 4.90 Å². The lowest BCUT2D eigenvalue weighted by Crippen LogP contribution is -2.30. The first kappa shape index (κ1) is 20.0. The number of nitrogens with one attached hydrogen (secondary N) is 1. The van der Waals surface area contributed by atoms with Crippen molar-refractivity contribution in [3.8, 4) is 5.75 Å². The van der Waals surface area contributed by atoms with E-state index in [9.17, 15) is 21.6 Å². The van der Waals surface area contributed by atoms with Crippen molar-refractivity contribution < 1.29 is 26.3 Å². The summed E-state index contributed by atoms with van der Waals surface area (Å²) in [6.07, 6.45) is 0.741. The van der Waals surface area contributed by atoms with E-state index in [4.69, 9.17) is 0 Å². The standard InChI is InChI=1S/C16H23F3N2O3S/c17-16(18,19)24-14-6-8-15(9-7-14)25(22,23)20-10-5-13-21-11-3-1-2-4-12-21/h6-9,20H,1-5,10-13H2. The molecule has 1 heterocycles. The Labute approximate surface area is 146 Å². The highest BCUT2D eigenvalue weighted by Gasteiger charge is 2.31. The summed E-state index contributed by atoms with van der Waals surface area (Å²) in [7, 11) is -3.74. The molecule has 0 aliphatic carbocycles. The highest BCUT2D eigenvalue weighted by Crippen LogP contribution is 2.23. The molecule has 0 aromatic heterocycles. The van der Waals surface area contributed by atoms with Crippen LogP contribution in [0.15, 0.2) is 29.2 Å². The zero-order valence-electron chi connectivity index (χ0n) is 13.9. The summed E-state index contributed by atoms with van der Waals surface area (Å²) < 4.78 is 66.8. The molecular formula is C16H23F3N2O3S. The van der Waals surface area contributed by atoms with Gasteiger partial charge in [-0.3, -0.25) is 0 Å². The highest BCUT2D eigenvalue weighted by atomic mass is 32.2. The SMILES string of the molecule is O=S(=O)(NCCCN1CCCCCC1)c1ccc(OC(F)(F)F)cc1. The van der Waals surface area contributed by atoms with Crippen molar-refractivity contribution in [2.75, 3.05) is 26.2 Å². The minimum Gasteiger partial charge on any atom is -0.406 e. The number of benzene rings is 1. The van der Waals surface area contributed by atoms with Crippen molar-refractivity contribution in [1.29, 1.82) is 0 Å². The van der Waals surface area contributed by atoms with Gasteiger partial charge in [-0.15, -0.1) is 13.2 Å². The molecule has 1 aromatic carbocycles. The zero-order chi connectivity index (χ0) is 18.3. The van der Waals surface area contributed by atoms with Crippen LogP contribution in [0.3, 0.4) is 0 Å². The van der Waals surface area contributed by atoms with Crippen molar-refractivity contribution in [2.24, 2.45) is 0 Å². The second-order valence-electron chi connectivity index (χ2n) is 6.03. The second-order valence-corrected chi connectivity index (χ2v) is 7.79. The fourth-order valence-corrected chi connectivity index (χ4v) is 3.85. The lowest BCUT2D eigenvalue weighted by molar-refractivity contribution is -0.274. The molecule has 1 N–H and O–H groups in total. The van der Waals surface area contributed by atoms with E-state index in [2.05, 4.69) is 14.4 Å². The Bertz CT molecular complexity index is 625. The van der Waals surface area contributed by atoms with Gasteiger partial charge in [-0.25, -0.2) is 13.1 Å². The summed E-state index contributed by atoms with van der Waals surface area (Å²) in [5.41, 5.74) is 0. The van der Waals surface area contributed by atoms with Gasteiger partial charge in [0.1, 0.15) is 5.75 Å². The fraction of sp³-hybridized carbons (Fsp3) is 0.625. The molecule has 0 unspecified atom stereocenters. The van der Waals surface area contributed by atoms with Crippen LogP contribution in [-0.4, -0.2) is 45.9 Å². The summed E-state index contributed by atoms with van der Waals surface area (Å²) in [6.45, 7) is 3.22. The minimum absolute atomic E-state index is 0.0863. The molecule has 25 heavy (non-hydrogen) atoms. The number of halogens is 3. The topological polar surface area (TPSA) is 58.6 Å². The molecule has 5 nitrogen and oxygen atoms in total. The van der Waals surface area contributed by atoms with Gasteiger partial charge >= 0.3 is 6.36 Å². The first-order valence-electron chi connectivity index (χ1n) is 8.34. The average molecular weight is 380 g/mol. The molecule has 0 spiro atoms. The number of hydrogen-bond donors (Lipinski definition) is 1. The van der Waals surface area contributed by atoms with Gasteiger partial charge in [0.25, 0.3) is 0 Å². The lowest BCUT2D eigenvalue weighted by atomic mass is 10.2. The number of nitrogens with zero attached hydrogens (tertiary/aromatic N) is 1. The Kier molecular flexibility index (Phi) is 7.09. The Morgan fingerprint density at radius 1 is 1.04 bits per heavy atom. The van der Waals surface area contributed by atoms with E-state index in [1.807, 2.05) is 0 Å². The number of likely N-dealkylation sites (tertiary alicyclic amines) is 1. The monoisotopic (exact) mass is 380 g/mol. The first-order chi connectivity index (χ1) is 11.8. The number of ether oxygens (including phenoxy) is 1. The Morgan fingerprint density at radius 2 is 1.64 bits per heavy atom. The molecule has 1 fully saturated rings. The number of alkyl halides is 3. The number of sulfonamides is 1. The van der Waals surface area contributed by atoms with Crippen LogP contribution in [-0.2, 0) is 10.0 Å². The molecule has 2 rings (SSSR count). The molecule has 1 saturated heterocycles. The Hall–Kier alpha value is -1.32. The smallest absolute Gasteiger partial charge is 0.406 e. The molecule has 0 radical (unpaired) electrons. The molecule has 0 saturated carbocycles. The molecule has 0 bridgehead atoms. The van der Waals surface area contributed by atoms with Crippen molar-refractivity contribution in [3.63, 3.8) is 0 Å². The normalized spacial score (nSPS) is 17.2. The van der Waals surface area contributed by atoms with Gasteiger partial charge in [0.15, 0.2) is 0 Å². The van der Waals surface area contributed by atoms with E-state index in [0.717, 1.165) is 43.9 Å². The van der Waals surface area contributed by atoms with E-state index < -0.39 is 22.1 Å². The molecule has 0 amide bonds. The Morgan fingerprint density at radius 3 is 2.20 bits per heavy atom. The van der Waals surface area contributed by atoms with Crippen molar-refractivity contribution >= 4 is 10.0 Å². The summed E-state index contributed by atoms with van der Waals surface area (Å²) in [6, 6.07) is 4.16. The fourth-order valence-electron chi connectivity index (χ4n) is 2.77. The third-order valence-corrected chi connectivity index (χ3v) is 5.49. The number of rotatable bonds is 7. The highest BCUT2D eigenvalue weighted by molar-refractivity contribution is 7.89.